The van der Waals surface area contributed by atoms with E-state index in [1.165, 1.54) is 32.1 Å². The predicted octanol–water partition coefficient (Wildman–Crippen LogP) is 3.78. The van der Waals surface area contributed by atoms with E-state index >= 15 is 0 Å². The number of carbonyl (C=O) groups excluding carboxylic acids is 2. The number of hydrogen-bond acceptors (Lipinski definition) is 2. The van der Waals surface area contributed by atoms with Crippen molar-refractivity contribution in [1.29, 1.82) is 0 Å². The first-order chi connectivity index (χ1) is 12.7. The maximum absolute atomic E-state index is 12.2. The summed E-state index contributed by atoms with van der Waals surface area (Å²) in [5, 5.41) is 5.63. The summed E-state index contributed by atoms with van der Waals surface area (Å²) in [7, 11) is 0. The highest BCUT2D eigenvalue weighted by Gasteiger charge is 2.14. The molecular weight excluding hydrogens is 324 g/mol. The molecule has 4 nitrogen and oxygen atoms in total. The van der Waals surface area contributed by atoms with E-state index in [1.807, 2.05) is 42.5 Å². The second-order valence-electron chi connectivity index (χ2n) is 6.93. The molecule has 1 fully saturated rings. The summed E-state index contributed by atoms with van der Waals surface area (Å²) in [6, 6.07) is 17.4. The molecule has 0 bridgehead atoms. The van der Waals surface area contributed by atoms with Crippen LogP contribution in [0.3, 0.4) is 0 Å². The Labute approximate surface area is 155 Å². The fourth-order valence-corrected chi connectivity index (χ4v) is 3.42. The van der Waals surface area contributed by atoms with Crippen LogP contribution < -0.4 is 10.6 Å². The molecule has 26 heavy (non-hydrogen) atoms. The molecule has 2 amide bonds. The lowest BCUT2D eigenvalue weighted by Gasteiger charge is -2.21. The Kier molecular flexibility index (Phi) is 6.42. The summed E-state index contributed by atoms with van der Waals surface area (Å²) in [6.45, 7) is 0.743. The van der Waals surface area contributed by atoms with E-state index in [0.717, 1.165) is 17.7 Å². The minimum Gasteiger partial charge on any atom is -0.354 e. The molecule has 0 heterocycles. The second kappa shape index (κ2) is 9.18. The van der Waals surface area contributed by atoms with Gasteiger partial charge in [-0.2, -0.15) is 0 Å². The minimum absolute atomic E-state index is 0.0198. The third-order valence-electron chi connectivity index (χ3n) is 4.98. The number of amides is 2. The van der Waals surface area contributed by atoms with Gasteiger partial charge in [-0.05, 0) is 42.0 Å². The van der Waals surface area contributed by atoms with Gasteiger partial charge in [-0.15, -0.1) is 0 Å². The van der Waals surface area contributed by atoms with Crippen LogP contribution in [0.15, 0.2) is 54.6 Å². The van der Waals surface area contributed by atoms with Crippen molar-refractivity contribution in [3.63, 3.8) is 0 Å². The van der Waals surface area contributed by atoms with Crippen molar-refractivity contribution in [2.24, 2.45) is 5.92 Å². The first-order valence-corrected chi connectivity index (χ1v) is 9.43. The number of rotatable bonds is 6. The van der Waals surface area contributed by atoms with Gasteiger partial charge in [0.05, 0.1) is 6.54 Å². The van der Waals surface area contributed by atoms with Crippen LogP contribution in [-0.2, 0) is 4.79 Å². The molecule has 0 saturated heterocycles. The molecule has 2 aromatic rings. The first-order valence-electron chi connectivity index (χ1n) is 9.43. The van der Waals surface area contributed by atoms with Crippen LogP contribution in [0.4, 0.5) is 0 Å². The van der Waals surface area contributed by atoms with E-state index < -0.39 is 0 Å². The van der Waals surface area contributed by atoms with Crippen molar-refractivity contribution >= 4 is 11.8 Å². The summed E-state index contributed by atoms with van der Waals surface area (Å²) < 4.78 is 0. The van der Waals surface area contributed by atoms with Crippen LogP contribution in [-0.4, -0.2) is 24.9 Å². The summed E-state index contributed by atoms with van der Waals surface area (Å²) in [6.07, 6.45) is 6.22. The molecule has 2 N–H and O–H groups in total. The zero-order chi connectivity index (χ0) is 18.2. The van der Waals surface area contributed by atoms with Gasteiger partial charge >= 0.3 is 0 Å². The number of benzene rings is 2. The number of carbonyl (C=O) groups is 2. The van der Waals surface area contributed by atoms with Gasteiger partial charge in [0.2, 0.25) is 5.91 Å². The van der Waals surface area contributed by atoms with Gasteiger partial charge in [0.15, 0.2) is 0 Å². The highest BCUT2D eigenvalue weighted by atomic mass is 16.2. The third-order valence-corrected chi connectivity index (χ3v) is 4.98. The molecule has 0 aromatic heterocycles. The molecule has 1 aliphatic carbocycles. The minimum atomic E-state index is -0.225. The van der Waals surface area contributed by atoms with E-state index in [1.54, 1.807) is 12.1 Å². The Morgan fingerprint density at radius 3 is 2.15 bits per heavy atom. The molecule has 1 aliphatic rings. The van der Waals surface area contributed by atoms with Gasteiger partial charge in [0, 0.05) is 12.1 Å². The average Bonchev–Trinajstić information content (AvgIpc) is 2.72. The summed E-state index contributed by atoms with van der Waals surface area (Å²) >= 11 is 0. The monoisotopic (exact) mass is 350 g/mol. The molecule has 3 rings (SSSR count). The van der Waals surface area contributed by atoms with Crippen LogP contribution in [0.2, 0.25) is 0 Å². The van der Waals surface area contributed by atoms with Crippen molar-refractivity contribution in [2.75, 3.05) is 13.1 Å². The SMILES string of the molecule is O=C(CNC(=O)c1ccc(-c2ccccc2)cc1)NCC1CCCCC1. The lowest BCUT2D eigenvalue weighted by Crippen LogP contribution is -2.39. The van der Waals surface area contributed by atoms with Gasteiger partial charge < -0.3 is 10.6 Å². The quantitative estimate of drug-likeness (QED) is 0.833. The maximum atomic E-state index is 12.2. The maximum Gasteiger partial charge on any atom is 0.251 e. The van der Waals surface area contributed by atoms with Gasteiger partial charge in [0.1, 0.15) is 0 Å². The lowest BCUT2D eigenvalue weighted by molar-refractivity contribution is -0.120. The van der Waals surface area contributed by atoms with Crippen LogP contribution in [0, 0.1) is 5.92 Å². The fourth-order valence-electron chi connectivity index (χ4n) is 3.42. The van der Waals surface area contributed by atoms with Gasteiger partial charge in [-0.25, -0.2) is 0 Å². The number of hydrogen-bond donors (Lipinski definition) is 2. The van der Waals surface area contributed by atoms with E-state index in [-0.39, 0.29) is 18.4 Å². The van der Waals surface area contributed by atoms with E-state index in [2.05, 4.69) is 10.6 Å². The molecule has 0 aliphatic heterocycles. The summed E-state index contributed by atoms with van der Waals surface area (Å²) in [5.41, 5.74) is 2.73. The van der Waals surface area contributed by atoms with Crippen molar-refractivity contribution < 1.29 is 9.59 Å². The standard InChI is InChI=1S/C22H26N2O2/c25-21(23-15-17-7-3-1-4-8-17)16-24-22(26)20-13-11-19(12-14-20)18-9-5-2-6-10-18/h2,5-6,9-14,17H,1,3-4,7-8,15-16H2,(H,23,25)(H,24,26). The zero-order valence-electron chi connectivity index (χ0n) is 15.0. The molecule has 4 heteroatoms. The number of nitrogens with one attached hydrogen (secondary N) is 2. The van der Waals surface area contributed by atoms with Crippen LogP contribution in [0.1, 0.15) is 42.5 Å². The third kappa shape index (κ3) is 5.19. The second-order valence-corrected chi connectivity index (χ2v) is 6.93. The van der Waals surface area contributed by atoms with Gasteiger partial charge in [-0.1, -0.05) is 61.7 Å². The Morgan fingerprint density at radius 1 is 0.808 bits per heavy atom. The molecule has 2 aromatic carbocycles. The Hall–Kier alpha value is -2.62. The molecule has 1 saturated carbocycles. The topological polar surface area (TPSA) is 58.2 Å². The van der Waals surface area contributed by atoms with Gasteiger partial charge in [0.25, 0.3) is 5.91 Å². The van der Waals surface area contributed by atoms with E-state index in [9.17, 15) is 9.59 Å². The Balaban J connectivity index is 1.45. The highest BCUT2D eigenvalue weighted by molar-refractivity contribution is 5.96. The molecule has 0 radical (unpaired) electrons. The fraction of sp³-hybridized carbons (Fsp3) is 0.364. The predicted molar refractivity (Wildman–Crippen MR) is 104 cm³/mol. The van der Waals surface area contributed by atoms with Crippen LogP contribution in [0.25, 0.3) is 11.1 Å². The van der Waals surface area contributed by atoms with E-state index in [0.29, 0.717) is 11.5 Å². The normalized spacial score (nSPS) is 14.6. The van der Waals surface area contributed by atoms with Crippen LogP contribution in [0.5, 0.6) is 0 Å². The van der Waals surface area contributed by atoms with Crippen molar-refractivity contribution in [1.82, 2.24) is 10.6 Å². The average molecular weight is 350 g/mol. The zero-order valence-corrected chi connectivity index (χ0v) is 15.0. The smallest absolute Gasteiger partial charge is 0.251 e. The van der Waals surface area contributed by atoms with Crippen molar-refractivity contribution in [3.05, 3.63) is 60.2 Å². The first kappa shape index (κ1) is 18.2. The van der Waals surface area contributed by atoms with Crippen molar-refractivity contribution in [3.8, 4) is 11.1 Å². The molecule has 0 spiro atoms. The lowest BCUT2D eigenvalue weighted by atomic mass is 9.89. The summed E-state index contributed by atoms with van der Waals surface area (Å²) in [5.74, 6) is 0.246. The summed E-state index contributed by atoms with van der Waals surface area (Å²) in [4.78, 5) is 24.1. The van der Waals surface area contributed by atoms with Crippen LogP contribution >= 0.6 is 0 Å². The van der Waals surface area contributed by atoms with Crippen molar-refractivity contribution in [2.45, 2.75) is 32.1 Å². The highest BCUT2D eigenvalue weighted by Crippen LogP contribution is 2.22. The Bertz CT molecular complexity index is 720. The molecule has 0 atom stereocenters. The molecular formula is C22H26N2O2. The van der Waals surface area contributed by atoms with Gasteiger partial charge in [-0.3, -0.25) is 9.59 Å². The Morgan fingerprint density at radius 2 is 1.46 bits per heavy atom. The largest absolute Gasteiger partial charge is 0.354 e. The van der Waals surface area contributed by atoms with E-state index in [4.69, 9.17) is 0 Å². The molecule has 0 unspecified atom stereocenters. The molecule has 136 valence electrons.